The highest BCUT2D eigenvalue weighted by molar-refractivity contribution is 5.73. The quantitative estimate of drug-likeness (QED) is 0.777. The fourth-order valence-electron chi connectivity index (χ4n) is 4.07. The van der Waals surface area contributed by atoms with Crippen molar-refractivity contribution in [2.24, 2.45) is 0 Å². The van der Waals surface area contributed by atoms with Gasteiger partial charge in [-0.1, -0.05) is 0 Å². The summed E-state index contributed by atoms with van der Waals surface area (Å²) in [6.07, 6.45) is 4.48. The molecule has 2 fully saturated rings. The van der Waals surface area contributed by atoms with Crippen LogP contribution in [0.3, 0.4) is 0 Å². The molecule has 31 heavy (non-hydrogen) atoms. The molecule has 10 heteroatoms. The zero-order chi connectivity index (χ0) is 22.0. The number of pyridine rings is 1. The van der Waals surface area contributed by atoms with Gasteiger partial charge in [-0.25, -0.2) is 23.7 Å². The van der Waals surface area contributed by atoms with Crippen LogP contribution in [0.4, 0.5) is 26.2 Å². The molecule has 0 unspecified atom stereocenters. The molecule has 2 aromatic rings. The van der Waals surface area contributed by atoms with Crippen LogP contribution in [0.5, 0.6) is 5.88 Å². The summed E-state index contributed by atoms with van der Waals surface area (Å²) in [5.74, 6) is -0.487. The summed E-state index contributed by atoms with van der Waals surface area (Å²) >= 11 is 0. The molecule has 0 atom stereocenters. The Kier molecular flexibility index (Phi) is 5.88. The van der Waals surface area contributed by atoms with Crippen molar-refractivity contribution in [3.63, 3.8) is 0 Å². The van der Waals surface area contributed by atoms with E-state index in [1.54, 1.807) is 11.8 Å². The lowest BCUT2D eigenvalue weighted by atomic mass is 9.89. The Morgan fingerprint density at radius 3 is 2.52 bits per heavy atom. The lowest BCUT2D eigenvalue weighted by molar-refractivity contribution is -0.129. The van der Waals surface area contributed by atoms with Crippen molar-refractivity contribution in [3.05, 3.63) is 30.1 Å². The molecule has 0 spiro atoms. The summed E-state index contributed by atoms with van der Waals surface area (Å²) < 4.78 is 32.7. The molecule has 1 amide bonds. The molecular formula is C21H26F2N6O2. The first kappa shape index (κ1) is 21.2. The SMILES string of the molecule is COc1cnc(Nc2cc(C3CCN(C(C)=O)CC3)cc(N3CCC(F)(F)C3)n2)cn1. The molecule has 8 nitrogen and oxygen atoms in total. The van der Waals surface area contributed by atoms with Crippen LogP contribution in [0.25, 0.3) is 0 Å². The van der Waals surface area contributed by atoms with Gasteiger partial charge in [0, 0.05) is 33.0 Å². The number of halogens is 2. The minimum atomic E-state index is -2.71. The van der Waals surface area contributed by atoms with E-state index in [2.05, 4.69) is 20.3 Å². The summed E-state index contributed by atoms with van der Waals surface area (Å²) in [5.41, 5.74) is 1.02. The van der Waals surface area contributed by atoms with Crippen LogP contribution < -0.4 is 15.0 Å². The van der Waals surface area contributed by atoms with E-state index in [0.717, 1.165) is 18.4 Å². The minimum absolute atomic E-state index is 0.0774. The Labute approximate surface area is 179 Å². The number of hydrogen-bond acceptors (Lipinski definition) is 7. The van der Waals surface area contributed by atoms with E-state index in [1.807, 2.05) is 17.0 Å². The molecule has 0 bridgehead atoms. The molecule has 166 valence electrons. The van der Waals surface area contributed by atoms with Gasteiger partial charge < -0.3 is 19.9 Å². The number of hydrogen-bond donors (Lipinski definition) is 1. The number of methoxy groups -OCH3 is 1. The second kappa shape index (κ2) is 8.60. The minimum Gasteiger partial charge on any atom is -0.480 e. The van der Waals surface area contributed by atoms with Crippen molar-refractivity contribution in [1.82, 2.24) is 19.9 Å². The highest BCUT2D eigenvalue weighted by atomic mass is 19.3. The maximum Gasteiger partial charge on any atom is 0.266 e. The van der Waals surface area contributed by atoms with Gasteiger partial charge in [-0.05, 0) is 36.5 Å². The summed E-state index contributed by atoms with van der Waals surface area (Å²) in [4.78, 5) is 28.1. The van der Waals surface area contributed by atoms with Crippen LogP contribution in [-0.4, -0.2) is 65.0 Å². The molecule has 2 aliphatic heterocycles. The van der Waals surface area contributed by atoms with Crippen molar-refractivity contribution in [3.8, 4) is 5.88 Å². The molecule has 4 rings (SSSR count). The second-order valence-electron chi connectivity index (χ2n) is 8.02. The van der Waals surface area contributed by atoms with Crippen molar-refractivity contribution in [2.75, 3.05) is 43.5 Å². The smallest absolute Gasteiger partial charge is 0.266 e. The molecule has 2 aliphatic rings. The third kappa shape index (κ3) is 5.00. The topological polar surface area (TPSA) is 83.5 Å². The van der Waals surface area contributed by atoms with Crippen molar-refractivity contribution in [1.29, 1.82) is 0 Å². The van der Waals surface area contributed by atoms with Crippen LogP contribution >= 0.6 is 0 Å². The zero-order valence-electron chi connectivity index (χ0n) is 17.6. The van der Waals surface area contributed by atoms with Crippen LogP contribution in [-0.2, 0) is 4.79 Å². The lowest BCUT2D eigenvalue weighted by Crippen LogP contribution is -2.36. The number of nitrogens with one attached hydrogen (secondary N) is 1. The molecule has 0 radical (unpaired) electrons. The summed E-state index contributed by atoms with van der Waals surface area (Å²) in [6.45, 7) is 2.87. The number of ether oxygens (including phenoxy) is 1. The molecule has 0 saturated carbocycles. The maximum atomic E-state index is 13.8. The fourth-order valence-corrected chi connectivity index (χ4v) is 4.07. The highest BCUT2D eigenvalue weighted by Crippen LogP contribution is 2.35. The third-order valence-corrected chi connectivity index (χ3v) is 5.83. The average molecular weight is 432 g/mol. The standard InChI is InChI=1S/C21H26F2N6O2/c1-14(30)28-6-3-15(4-7-28)16-9-17(26-18-11-25-20(31-2)12-24-18)27-19(10-16)29-8-5-21(22,23)13-29/h9-12,15H,3-8,13H2,1-2H3,(H,24,26,27). The predicted molar refractivity (Wildman–Crippen MR) is 112 cm³/mol. The number of anilines is 3. The molecular weight excluding hydrogens is 406 g/mol. The van der Waals surface area contributed by atoms with E-state index in [-0.39, 0.29) is 31.3 Å². The monoisotopic (exact) mass is 432 g/mol. The molecule has 4 heterocycles. The van der Waals surface area contributed by atoms with Gasteiger partial charge in [0.25, 0.3) is 5.92 Å². The number of likely N-dealkylation sites (tertiary alicyclic amines) is 1. The van der Waals surface area contributed by atoms with Gasteiger partial charge in [-0.2, -0.15) is 0 Å². The van der Waals surface area contributed by atoms with Gasteiger partial charge in [0.05, 0.1) is 26.0 Å². The van der Waals surface area contributed by atoms with Gasteiger partial charge in [-0.3, -0.25) is 4.79 Å². The van der Waals surface area contributed by atoms with E-state index in [9.17, 15) is 13.6 Å². The first-order chi connectivity index (χ1) is 14.8. The molecule has 2 aromatic heterocycles. The Hall–Kier alpha value is -3.04. The van der Waals surface area contributed by atoms with E-state index in [1.165, 1.54) is 19.5 Å². The number of piperidine rings is 1. The number of alkyl halides is 2. The summed E-state index contributed by atoms with van der Waals surface area (Å²) in [6, 6.07) is 3.83. The van der Waals surface area contributed by atoms with Gasteiger partial charge in [0.1, 0.15) is 17.5 Å². The van der Waals surface area contributed by atoms with E-state index in [4.69, 9.17) is 4.74 Å². The third-order valence-electron chi connectivity index (χ3n) is 5.83. The predicted octanol–water partition coefficient (Wildman–Crippen LogP) is 3.20. The second-order valence-corrected chi connectivity index (χ2v) is 8.02. The van der Waals surface area contributed by atoms with Gasteiger partial charge >= 0.3 is 0 Å². The maximum absolute atomic E-state index is 13.8. The van der Waals surface area contributed by atoms with Crippen molar-refractivity contribution in [2.45, 2.75) is 38.0 Å². The number of carbonyl (C=O) groups excluding carboxylic acids is 1. The highest BCUT2D eigenvalue weighted by Gasteiger charge is 2.39. The van der Waals surface area contributed by atoms with E-state index in [0.29, 0.717) is 36.4 Å². The zero-order valence-corrected chi connectivity index (χ0v) is 17.6. The Balaban J connectivity index is 1.60. The number of carbonyl (C=O) groups is 1. The lowest BCUT2D eigenvalue weighted by Gasteiger charge is -2.32. The largest absolute Gasteiger partial charge is 0.480 e. The Morgan fingerprint density at radius 2 is 1.94 bits per heavy atom. The summed E-state index contributed by atoms with van der Waals surface area (Å²) in [5, 5.41) is 3.13. The van der Waals surface area contributed by atoms with E-state index >= 15 is 0 Å². The van der Waals surface area contributed by atoms with Crippen LogP contribution in [0.2, 0.25) is 0 Å². The molecule has 0 aromatic carbocycles. The van der Waals surface area contributed by atoms with Crippen LogP contribution in [0.15, 0.2) is 24.5 Å². The molecule has 2 saturated heterocycles. The molecule has 1 N–H and O–H groups in total. The normalized spacial score (nSPS) is 18.8. The van der Waals surface area contributed by atoms with Gasteiger partial charge in [-0.15, -0.1) is 0 Å². The number of aromatic nitrogens is 3. The van der Waals surface area contributed by atoms with Crippen molar-refractivity contribution >= 4 is 23.4 Å². The average Bonchev–Trinajstić information content (AvgIpc) is 3.14. The van der Waals surface area contributed by atoms with E-state index < -0.39 is 5.92 Å². The van der Waals surface area contributed by atoms with Crippen LogP contribution in [0.1, 0.15) is 37.7 Å². The summed E-state index contributed by atoms with van der Waals surface area (Å²) in [7, 11) is 1.51. The number of amides is 1. The van der Waals surface area contributed by atoms with Gasteiger partial charge in [0.15, 0.2) is 0 Å². The van der Waals surface area contributed by atoms with Crippen LogP contribution in [0, 0.1) is 0 Å². The van der Waals surface area contributed by atoms with Crippen molar-refractivity contribution < 1.29 is 18.3 Å². The Morgan fingerprint density at radius 1 is 1.16 bits per heavy atom. The fraction of sp³-hybridized carbons (Fsp3) is 0.524. The first-order valence-corrected chi connectivity index (χ1v) is 10.4. The van der Waals surface area contributed by atoms with Gasteiger partial charge in [0.2, 0.25) is 11.8 Å². The number of rotatable bonds is 5. The number of nitrogens with zero attached hydrogens (tertiary/aromatic N) is 5. The Bertz CT molecular complexity index is 932. The molecule has 0 aliphatic carbocycles. The first-order valence-electron chi connectivity index (χ1n) is 10.4.